The van der Waals surface area contributed by atoms with Crippen LogP contribution in [0.4, 0.5) is 10.5 Å². The molecule has 1 aromatic rings. The number of para-hydroxylation sites is 1. The van der Waals surface area contributed by atoms with E-state index in [-0.39, 0.29) is 12.1 Å². The fraction of sp³-hybridized carbons (Fsp3) is 0.533. The highest BCUT2D eigenvalue weighted by molar-refractivity contribution is 6.33. The molecule has 1 aliphatic rings. The second-order valence-corrected chi connectivity index (χ2v) is 5.86. The van der Waals surface area contributed by atoms with E-state index in [0.717, 1.165) is 31.2 Å². The summed E-state index contributed by atoms with van der Waals surface area (Å²) in [5.41, 5.74) is 1.58. The Balaban J connectivity index is 1.83. The van der Waals surface area contributed by atoms with Crippen molar-refractivity contribution >= 4 is 23.3 Å². The van der Waals surface area contributed by atoms with Crippen LogP contribution in [0.25, 0.3) is 0 Å². The van der Waals surface area contributed by atoms with Crippen LogP contribution >= 0.6 is 11.6 Å². The molecular weight excluding hydrogens is 276 g/mol. The summed E-state index contributed by atoms with van der Waals surface area (Å²) < 4.78 is 0. The lowest BCUT2D eigenvalue weighted by molar-refractivity contribution is 0.101. The summed E-state index contributed by atoms with van der Waals surface area (Å²) in [6.45, 7) is 2.49. The number of aliphatic hydroxyl groups is 1. The average Bonchev–Trinajstić information content (AvgIpc) is 2.41. The summed E-state index contributed by atoms with van der Waals surface area (Å²) in [4.78, 5) is 11.9. The van der Waals surface area contributed by atoms with Crippen molar-refractivity contribution < 1.29 is 9.90 Å². The quantitative estimate of drug-likeness (QED) is 0.801. The average molecular weight is 297 g/mol. The second-order valence-electron chi connectivity index (χ2n) is 5.45. The molecule has 0 aliphatic heterocycles. The third kappa shape index (κ3) is 4.12. The molecule has 0 spiro atoms. The number of hydrogen-bond acceptors (Lipinski definition) is 2. The molecule has 4 nitrogen and oxygen atoms in total. The highest BCUT2D eigenvalue weighted by Crippen LogP contribution is 2.25. The summed E-state index contributed by atoms with van der Waals surface area (Å²) in [6.07, 6.45) is 3.51. The number of aryl methyl sites for hydroxylation is 1. The van der Waals surface area contributed by atoms with Crippen molar-refractivity contribution in [3.8, 4) is 0 Å². The van der Waals surface area contributed by atoms with Crippen molar-refractivity contribution in [1.29, 1.82) is 0 Å². The van der Waals surface area contributed by atoms with Crippen LogP contribution in [-0.4, -0.2) is 23.8 Å². The number of aliphatic hydroxyl groups excluding tert-OH is 1. The first kappa shape index (κ1) is 15.1. The Labute approximate surface area is 124 Å². The Morgan fingerprint density at radius 2 is 2.25 bits per heavy atom. The molecule has 2 unspecified atom stereocenters. The number of hydrogen-bond donors (Lipinski definition) is 3. The van der Waals surface area contributed by atoms with E-state index in [0.29, 0.717) is 23.2 Å². The maximum absolute atomic E-state index is 11.9. The number of nitrogens with one attached hydrogen (secondary N) is 2. The first-order chi connectivity index (χ1) is 9.56. The van der Waals surface area contributed by atoms with Gasteiger partial charge in [0.2, 0.25) is 0 Å². The van der Waals surface area contributed by atoms with E-state index in [4.69, 9.17) is 11.6 Å². The predicted molar refractivity (Wildman–Crippen MR) is 81.2 cm³/mol. The lowest BCUT2D eigenvalue weighted by Crippen LogP contribution is -2.35. The van der Waals surface area contributed by atoms with Gasteiger partial charge < -0.3 is 15.7 Å². The van der Waals surface area contributed by atoms with Crippen LogP contribution in [0.2, 0.25) is 5.02 Å². The molecule has 0 saturated heterocycles. The molecule has 2 atom stereocenters. The molecule has 5 heteroatoms. The van der Waals surface area contributed by atoms with Gasteiger partial charge in [-0.2, -0.15) is 0 Å². The van der Waals surface area contributed by atoms with Crippen LogP contribution in [0.15, 0.2) is 18.2 Å². The number of anilines is 1. The summed E-state index contributed by atoms with van der Waals surface area (Å²) in [7, 11) is 0. The minimum absolute atomic E-state index is 0.218. The van der Waals surface area contributed by atoms with Gasteiger partial charge in [-0.25, -0.2) is 4.79 Å². The third-order valence-electron chi connectivity index (χ3n) is 3.77. The van der Waals surface area contributed by atoms with Crippen LogP contribution in [0.3, 0.4) is 0 Å². The fourth-order valence-corrected chi connectivity index (χ4v) is 2.90. The molecule has 2 amide bonds. The third-order valence-corrected chi connectivity index (χ3v) is 4.08. The van der Waals surface area contributed by atoms with Gasteiger partial charge in [0.1, 0.15) is 0 Å². The topological polar surface area (TPSA) is 61.4 Å². The summed E-state index contributed by atoms with van der Waals surface area (Å²) in [5.74, 6) is 0.358. The van der Waals surface area contributed by atoms with Crippen molar-refractivity contribution in [3.63, 3.8) is 0 Å². The minimum atomic E-state index is -0.249. The number of amides is 2. The number of rotatable bonds is 3. The molecule has 1 aromatic carbocycles. The lowest BCUT2D eigenvalue weighted by Gasteiger charge is -2.26. The van der Waals surface area contributed by atoms with Crippen LogP contribution in [0, 0.1) is 12.8 Å². The summed E-state index contributed by atoms with van der Waals surface area (Å²) >= 11 is 6.07. The zero-order valence-corrected chi connectivity index (χ0v) is 12.4. The van der Waals surface area contributed by atoms with Crippen molar-refractivity contribution in [2.75, 3.05) is 11.9 Å². The summed E-state index contributed by atoms with van der Waals surface area (Å²) in [6, 6.07) is 5.26. The number of benzene rings is 1. The monoisotopic (exact) mass is 296 g/mol. The van der Waals surface area contributed by atoms with Gasteiger partial charge in [0.15, 0.2) is 0 Å². The largest absolute Gasteiger partial charge is 0.393 e. The molecule has 0 heterocycles. The van der Waals surface area contributed by atoms with Crippen molar-refractivity contribution in [1.82, 2.24) is 5.32 Å². The van der Waals surface area contributed by atoms with E-state index in [1.807, 2.05) is 19.1 Å². The maximum atomic E-state index is 11.9. The molecule has 3 N–H and O–H groups in total. The van der Waals surface area contributed by atoms with Crippen molar-refractivity contribution in [2.45, 2.75) is 38.7 Å². The van der Waals surface area contributed by atoms with Gasteiger partial charge in [0.05, 0.1) is 16.8 Å². The molecule has 110 valence electrons. The van der Waals surface area contributed by atoms with Crippen LogP contribution < -0.4 is 10.6 Å². The van der Waals surface area contributed by atoms with E-state index < -0.39 is 0 Å². The molecule has 0 aromatic heterocycles. The zero-order valence-electron chi connectivity index (χ0n) is 11.7. The van der Waals surface area contributed by atoms with Crippen LogP contribution in [0.1, 0.15) is 31.2 Å². The molecular formula is C15H21ClN2O2. The van der Waals surface area contributed by atoms with E-state index >= 15 is 0 Å². The molecule has 1 saturated carbocycles. The van der Waals surface area contributed by atoms with Gasteiger partial charge >= 0.3 is 6.03 Å². The normalized spacial score (nSPS) is 22.4. The van der Waals surface area contributed by atoms with Gasteiger partial charge in [0, 0.05) is 6.54 Å². The molecule has 1 fully saturated rings. The number of carbonyl (C=O) groups excluding carboxylic acids is 1. The maximum Gasteiger partial charge on any atom is 0.319 e. The zero-order chi connectivity index (χ0) is 14.5. The van der Waals surface area contributed by atoms with Crippen molar-refractivity contribution in [2.24, 2.45) is 5.92 Å². The Hall–Kier alpha value is -1.26. The molecule has 0 bridgehead atoms. The Morgan fingerprint density at radius 1 is 1.45 bits per heavy atom. The fourth-order valence-electron chi connectivity index (χ4n) is 2.63. The number of carbonyl (C=O) groups is 1. The lowest BCUT2D eigenvalue weighted by atomic mass is 9.87. The smallest absolute Gasteiger partial charge is 0.319 e. The molecule has 20 heavy (non-hydrogen) atoms. The second kappa shape index (κ2) is 6.95. The van der Waals surface area contributed by atoms with Gasteiger partial charge in [-0.3, -0.25) is 0 Å². The van der Waals surface area contributed by atoms with E-state index in [9.17, 15) is 9.90 Å². The highest BCUT2D eigenvalue weighted by Gasteiger charge is 2.20. The molecule has 2 rings (SSSR count). The number of halogens is 1. The van der Waals surface area contributed by atoms with Crippen LogP contribution in [-0.2, 0) is 0 Å². The van der Waals surface area contributed by atoms with E-state index in [1.165, 1.54) is 0 Å². The standard InChI is InChI=1S/C15H21ClN2O2/c1-10-4-2-7-13(16)14(10)18-15(20)17-9-11-5-3-6-12(19)8-11/h2,4,7,11-12,19H,3,5-6,8-9H2,1H3,(H2,17,18,20). The van der Waals surface area contributed by atoms with Gasteiger partial charge in [-0.1, -0.05) is 30.2 Å². The summed E-state index contributed by atoms with van der Waals surface area (Å²) in [5, 5.41) is 15.8. The van der Waals surface area contributed by atoms with Crippen LogP contribution in [0.5, 0.6) is 0 Å². The van der Waals surface area contributed by atoms with E-state index in [1.54, 1.807) is 6.07 Å². The Kier molecular flexibility index (Phi) is 5.26. The SMILES string of the molecule is Cc1cccc(Cl)c1NC(=O)NCC1CCCC(O)C1. The highest BCUT2D eigenvalue weighted by atomic mass is 35.5. The van der Waals surface area contributed by atoms with E-state index in [2.05, 4.69) is 10.6 Å². The molecule has 0 radical (unpaired) electrons. The van der Waals surface area contributed by atoms with Gasteiger partial charge in [-0.05, 0) is 43.7 Å². The predicted octanol–water partition coefficient (Wildman–Crippen LogP) is 3.32. The van der Waals surface area contributed by atoms with Gasteiger partial charge in [0.25, 0.3) is 0 Å². The Morgan fingerprint density at radius 3 is 2.95 bits per heavy atom. The molecule has 1 aliphatic carbocycles. The minimum Gasteiger partial charge on any atom is -0.393 e. The number of urea groups is 1. The Bertz CT molecular complexity index is 459. The first-order valence-corrected chi connectivity index (χ1v) is 7.42. The first-order valence-electron chi connectivity index (χ1n) is 7.04. The van der Waals surface area contributed by atoms with Gasteiger partial charge in [-0.15, -0.1) is 0 Å². The van der Waals surface area contributed by atoms with Crippen molar-refractivity contribution in [3.05, 3.63) is 28.8 Å².